The molecule has 15 heavy (non-hydrogen) atoms. The molecule has 2 N–H and O–H groups in total. The van der Waals surface area contributed by atoms with Gasteiger partial charge in [-0.3, -0.25) is 0 Å². The van der Waals surface area contributed by atoms with Crippen molar-refractivity contribution in [1.82, 2.24) is 0 Å². The van der Waals surface area contributed by atoms with E-state index in [1.54, 1.807) is 30.3 Å². The van der Waals surface area contributed by atoms with Crippen molar-refractivity contribution in [3.63, 3.8) is 0 Å². The van der Waals surface area contributed by atoms with E-state index in [-0.39, 0.29) is 5.75 Å². The molecule has 2 aromatic carbocycles. The highest BCUT2D eigenvalue weighted by molar-refractivity contribution is 5.66. The highest BCUT2D eigenvalue weighted by Gasteiger charge is 2.03. The third-order valence-corrected chi connectivity index (χ3v) is 2.13. The number of hydrogen-bond acceptors (Lipinski definition) is 2. The SMILES string of the molecule is Oc1cccc(-c2ccc(F)c(O)c2)c1. The van der Waals surface area contributed by atoms with Crippen molar-refractivity contribution in [2.45, 2.75) is 0 Å². The van der Waals surface area contributed by atoms with Crippen molar-refractivity contribution in [2.24, 2.45) is 0 Å². The Hall–Kier alpha value is -2.03. The van der Waals surface area contributed by atoms with Gasteiger partial charge < -0.3 is 10.2 Å². The maximum atomic E-state index is 12.8. The lowest BCUT2D eigenvalue weighted by Crippen LogP contribution is -1.80. The fraction of sp³-hybridized carbons (Fsp3) is 0. The van der Waals surface area contributed by atoms with Gasteiger partial charge in [-0.25, -0.2) is 4.39 Å². The van der Waals surface area contributed by atoms with Crippen LogP contribution in [0.2, 0.25) is 0 Å². The van der Waals surface area contributed by atoms with Crippen LogP contribution in [0.1, 0.15) is 0 Å². The third kappa shape index (κ3) is 1.91. The zero-order chi connectivity index (χ0) is 10.8. The summed E-state index contributed by atoms with van der Waals surface area (Å²) in [5, 5.41) is 18.5. The molecule has 0 saturated heterocycles. The first kappa shape index (κ1) is 9.52. The fourth-order valence-corrected chi connectivity index (χ4v) is 1.38. The smallest absolute Gasteiger partial charge is 0.164 e. The van der Waals surface area contributed by atoms with Crippen LogP contribution >= 0.6 is 0 Å². The van der Waals surface area contributed by atoms with Crippen molar-refractivity contribution in [3.8, 4) is 22.6 Å². The molecule has 0 bridgehead atoms. The molecule has 2 rings (SSSR count). The Labute approximate surface area is 86.2 Å². The van der Waals surface area contributed by atoms with Crippen molar-refractivity contribution < 1.29 is 14.6 Å². The van der Waals surface area contributed by atoms with Crippen LogP contribution in [0, 0.1) is 5.82 Å². The molecule has 0 aromatic heterocycles. The second kappa shape index (κ2) is 3.61. The van der Waals surface area contributed by atoms with E-state index in [9.17, 15) is 14.6 Å². The fourth-order valence-electron chi connectivity index (χ4n) is 1.38. The summed E-state index contributed by atoms with van der Waals surface area (Å²) in [4.78, 5) is 0. The van der Waals surface area contributed by atoms with E-state index in [4.69, 9.17) is 0 Å². The van der Waals surface area contributed by atoms with Crippen LogP contribution < -0.4 is 0 Å². The molecule has 0 fully saturated rings. The number of benzene rings is 2. The minimum Gasteiger partial charge on any atom is -0.508 e. The van der Waals surface area contributed by atoms with Gasteiger partial charge in [0.05, 0.1) is 0 Å². The lowest BCUT2D eigenvalue weighted by molar-refractivity contribution is 0.432. The Morgan fingerprint density at radius 1 is 0.867 bits per heavy atom. The van der Waals surface area contributed by atoms with Crippen LogP contribution in [0.3, 0.4) is 0 Å². The lowest BCUT2D eigenvalue weighted by Gasteiger charge is -2.03. The number of hydrogen-bond donors (Lipinski definition) is 2. The number of phenolic OH excluding ortho intramolecular Hbond substituents is 2. The summed E-state index contributed by atoms with van der Waals surface area (Å²) in [5.41, 5.74) is 1.38. The molecule has 2 aromatic rings. The molecule has 0 saturated carbocycles. The number of aromatic hydroxyl groups is 2. The Morgan fingerprint density at radius 2 is 1.60 bits per heavy atom. The minimum absolute atomic E-state index is 0.135. The predicted molar refractivity (Wildman–Crippen MR) is 55.2 cm³/mol. The largest absolute Gasteiger partial charge is 0.508 e. The van der Waals surface area contributed by atoms with Gasteiger partial charge in [0.15, 0.2) is 11.6 Å². The van der Waals surface area contributed by atoms with Crippen LogP contribution in [0.15, 0.2) is 42.5 Å². The van der Waals surface area contributed by atoms with E-state index in [0.717, 1.165) is 5.56 Å². The Kier molecular flexibility index (Phi) is 2.29. The molecule has 0 aliphatic heterocycles. The Balaban J connectivity index is 2.50. The van der Waals surface area contributed by atoms with E-state index >= 15 is 0 Å². The molecular formula is C12H9FO2. The number of rotatable bonds is 1. The molecular weight excluding hydrogens is 195 g/mol. The summed E-state index contributed by atoms with van der Waals surface area (Å²) in [5.74, 6) is -0.911. The van der Waals surface area contributed by atoms with Gasteiger partial charge in [0.25, 0.3) is 0 Å². The standard InChI is InChI=1S/C12H9FO2/c13-11-5-4-9(7-12(11)15)8-2-1-3-10(14)6-8/h1-7,14-15H. The van der Waals surface area contributed by atoms with Crippen LogP contribution in [0.25, 0.3) is 11.1 Å². The molecule has 0 unspecified atom stereocenters. The molecule has 0 atom stereocenters. The molecule has 0 aliphatic carbocycles. The highest BCUT2D eigenvalue weighted by atomic mass is 19.1. The molecule has 0 amide bonds. The molecule has 2 nitrogen and oxygen atoms in total. The minimum atomic E-state index is -0.654. The average Bonchev–Trinajstić information content (AvgIpc) is 2.22. The van der Waals surface area contributed by atoms with Gasteiger partial charge in [0.1, 0.15) is 5.75 Å². The van der Waals surface area contributed by atoms with Gasteiger partial charge >= 0.3 is 0 Å². The Morgan fingerprint density at radius 3 is 2.27 bits per heavy atom. The van der Waals surface area contributed by atoms with E-state index in [0.29, 0.717) is 5.56 Å². The van der Waals surface area contributed by atoms with Gasteiger partial charge in [-0.05, 0) is 35.4 Å². The predicted octanol–water partition coefficient (Wildman–Crippen LogP) is 2.90. The molecule has 0 heterocycles. The maximum absolute atomic E-state index is 12.8. The first-order valence-electron chi connectivity index (χ1n) is 4.45. The third-order valence-electron chi connectivity index (χ3n) is 2.13. The monoisotopic (exact) mass is 204 g/mol. The van der Waals surface area contributed by atoms with Crippen molar-refractivity contribution >= 4 is 0 Å². The molecule has 3 heteroatoms. The molecule has 0 aliphatic rings. The lowest BCUT2D eigenvalue weighted by atomic mass is 10.1. The summed E-state index contributed by atoms with van der Waals surface area (Å²) in [6.07, 6.45) is 0. The summed E-state index contributed by atoms with van der Waals surface area (Å²) in [6, 6.07) is 10.6. The van der Waals surface area contributed by atoms with E-state index < -0.39 is 11.6 Å². The van der Waals surface area contributed by atoms with Gasteiger partial charge in [0, 0.05) is 0 Å². The molecule has 0 radical (unpaired) electrons. The molecule has 76 valence electrons. The summed E-state index contributed by atoms with van der Waals surface area (Å²) in [7, 11) is 0. The van der Waals surface area contributed by atoms with E-state index in [1.165, 1.54) is 12.1 Å². The van der Waals surface area contributed by atoms with Crippen LogP contribution in [0.5, 0.6) is 11.5 Å². The van der Waals surface area contributed by atoms with E-state index in [2.05, 4.69) is 0 Å². The number of halogens is 1. The topological polar surface area (TPSA) is 40.5 Å². The van der Waals surface area contributed by atoms with Gasteiger partial charge in [-0.2, -0.15) is 0 Å². The summed E-state index contributed by atoms with van der Waals surface area (Å²) in [6.45, 7) is 0. The van der Waals surface area contributed by atoms with Crippen LogP contribution in [0.4, 0.5) is 4.39 Å². The van der Waals surface area contributed by atoms with Crippen molar-refractivity contribution in [2.75, 3.05) is 0 Å². The van der Waals surface area contributed by atoms with Gasteiger partial charge in [-0.15, -0.1) is 0 Å². The zero-order valence-corrected chi connectivity index (χ0v) is 7.81. The summed E-state index contributed by atoms with van der Waals surface area (Å²) >= 11 is 0. The van der Waals surface area contributed by atoms with Crippen LogP contribution in [-0.2, 0) is 0 Å². The average molecular weight is 204 g/mol. The first-order chi connectivity index (χ1) is 7.16. The van der Waals surface area contributed by atoms with Gasteiger partial charge in [-0.1, -0.05) is 18.2 Å². The van der Waals surface area contributed by atoms with E-state index in [1.807, 2.05) is 0 Å². The van der Waals surface area contributed by atoms with Crippen LogP contribution in [-0.4, -0.2) is 10.2 Å². The summed E-state index contributed by atoms with van der Waals surface area (Å²) < 4.78 is 12.8. The van der Waals surface area contributed by atoms with Crippen molar-refractivity contribution in [1.29, 1.82) is 0 Å². The first-order valence-corrected chi connectivity index (χ1v) is 4.45. The normalized spacial score (nSPS) is 10.2. The Bertz CT molecular complexity index is 495. The zero-order valence-electron chi connectivity index (χ0n) is 7.81. The second-order valence-corrected chi connectivity index (χ2v) is 3.22. The quantitative estimate of drug-likeness (QED) is 0.749. The van der Waals surface area contributed by atoms with Crippen molar-refractivity contribution in [3.05, 3.63) is 48.3 Å². The van der Waals surface area contributed by atoms with Gasteiger partial charge in [0.2, 0.25) is 0 Å². The highest BCUT2D eigenvalue weighted by Crippen LogP contribution is 2.27. The maximum Gasteiger partial charge on any atom is 0.164 e. The number of phenols is 2. The molecule has 0 spiro atoms. The second-order valence-electron chi connectivity index (χ2n) is 3.22.